The van der Waals surface area contributed by atoms with E-state index in [1.54, 1.807) is 24.3 Å². The lowest BCUT2D eigenvalue weighted by Gasteiger charge is -2.24. The maximum atomic E-state index is 13.8. The second-order valence-corrected chi connectivity index (χ2v) is 13.1. The summed E-state index contributed by atoms with van der Waals surface area (Å²) in [5.74, 6) is 0.740. The van der Waals surface area contributed by atoms with E-state index in [0.29, 0.717) is 45.0 Å². The number of rotatable bonds is 9. The molecule has 1 aliphatic rings. The summed E-state index contributed by atoms with van der Waals surface area (Å²) in [6.45, 7) is -0.688. The van der Waals surface area contributed by atoms with Crippen LogP contribution in [0.25, 0.3) is 51.0 Å². The van der Waals surface area contributed by atoms with Crippen molar-refractivity contribution in [2.24, 2.45) is 0 Å². The smallest absolute Gasteiger partial charge is 0.255 e. The zero-order valence-electron chi connectivity index (χ0n) is 26.6. The molecule has 5 aromatic rings. The standard InChI is InChI=1S/C36H34FN3O7S/c1-38-35(42)33-26-20-25(23-13-16-30(45-2)27(19-23)36-39-28-9-7-5-4-6-8-10-31(28)47-36)29(40(17-18-41)48(3,43)44)21-32(26)46-34(33)22-11-14-24(37)15-12-22/h4,6,8,10-16,19-21,41H,5,7,9,17-18H2,1-3H3,(H,38,42). The van der Waals surface area contributed by atoms with Crippen LogP contribution in [0.15, 0.2) is 81.7 Å². The number of hydrogen-bond donors (Lipinski definition) is 2. The van der Waals surface area contributed by atoms with E-state index in [-0.39, 0.29) is 29.1 Å². The first-order chi connectivity index (χ1) is 23.1. The number of aliphatic hydroxyl groups excluding tert-OH is 1. The fraction of sp³-hybridized carbons (Fsp3) is 0.222. The third-order valence-electron chi connectivity index (χ3n) is 8.09. The Bertz CT molecular complexity index is 2170. The van der Waals surface area contributed by atoms with Crippen LogP contribution in [-0.2, 0) is 16.4 Å². The van der Waals surface area contributed by atoms with Gasteiger partial charge in [0.1, 0.15) is 22.9 Å². The minimum absolute atomic E-state index is 0.187. The van der Waals surface area contributed by atoms with Gasteiger partial charge in [0.2, 0.25) is 15.9 Å². The third kappa shape index (κ3) is 6.36. The van der Waals surface area contributed by atoms with Gasteiger partial charge in [-0.2, -0.15) is 0 Å². The number of halogens is 1. The number of oxazole rings is 1. The number of allylic oxidation sites excluding steroid dienone is 3. The fourth-order valence-electron chi connectivity index (χ4n) is 5.82. The number of furan rings is 1. The molecule has 6 rings (SSSR count). The zero-order valence-corrected chi connectivity index (χ0v) is 27.4. The van der Waals surface area contributed by atoms with Crippen LogP contribution >= 0.6 is 0 Å². The molecule has 3 aromatic carbocycles. The molecule has 12 heteroatoms. The normalized spacial score (nSPS) is 13.1. The molecule has 10 nitrogen and oxygen atoms in total. The summed E-state index contributed by atoms with van der Waals surface area (Å²) >= 11 is 0. The van der Waals surface area contributed by atoms with Crippen LogP contribution in [0, 0.1) is 5.82 Å². The topological polar surface area (TPSA) is 135 Å². The number of benzene rings is 3. The molecule has 0 fully saturated rings. The molecule has 0 unspecified atom stereocenters. The first kappa shape index (κ1) is 32.7. The van der Waals surface area contributed by atoms with E-state index in [1.807, 2.05) is 18.2 Å². The molecule has 48 heavy (non-hydrogen) atoms. The molecular weight excluding hydrogens is 637 g/mol. The van der Waals surface area contributed by atoms with Crippen molar-refractivity contribution in [1.82, 2.24) is 10.3 Å². The number of anilines is 1. The zero-order chi connectivity index (χ0) is 34.0. The van der Waals surface area contributed by atoms with Crippen LogP contribution in [0.5, 0.6) is 5.75 Å². The number of carbonyl (C=O) groups is 1. The second-order valence-electron chi connectivity index (χ2n) is 11.2. The monoisotopic (exact) mass is 671 g/mol. The van der Waals surface area contributed by atoms with E-state index in [0.717, 1.165) is 35.5 Å². The van der Waals surface area contributed by atoms with Gasteiger partial charge in [-0.15, -0.1) is 0 Å². The number of carbonyl (C=O) groups excluding carboxylic acids is 1. The van der Waals surface area contributed by atoms with E-state index in [4.69, 9.17) is 18.6 Å². The van der Waals surface area contributed by atoms with Crippen molar-refractivity contribution in [2.45, 2.75) is 19.3 Å². The molecule has 2 aromatic heterocycles. The van der Waals surface area contributed by atoms with E-state index in [1.165, 1.54) is 44.5 Å². The number of fused-ring (bicyclic) bond motifs is 2. The van der Waals surface area contributed by atoms with Crippen LogP contribution in [0.3, 0.4) is 0 Å². The van der Waals surface area contributed by atoms with Crippen molar-refractivity contribution in [3.05, 3.63) is 95.7 Å². The van der Waals surface area contributed by atoms with Crippen molar-refractivity contribution in [1.29, 1.82) is 0 Å². The SMILES string of the molecule is CNC(=O)c1c(-c2ccc(F)cc2)oc2cc(N(CCO)S(C)(=O)=O)c(-c3ccc(OC)c(-c4nc5c(o4)C=CC=CCCC5)c3)cc12. The Hall–Kier alpha value is -5.20. The van der Waals surface area contributed by atoms with Crippen LogP contribution in [0.4, 0.5) is 10.1 Å². The van der Waals surface area contributed by atoms with E-state index in [9.17, 15) is 22.7 Å². The summed E-state index contributed by atoms with van der Waals surface area (Å²) in [7, 11) is -0.883. The first-order valence-corrected chi connectivity index (χ1v) is 17.2. The van der Waals surface area contributed by atoms with Crippen LogP contribution in [-0.4, -0.2) is 58.0 Å². The Kier molecular flexibility index (Phi) is 9.20. The Morgan fingerprint density at radius 1 is 1.06 bits per heavy atom. The van der Waals surface area contributed by atoms with Crippen molar-refractivity contribution >= 4 is 38.7 Å². The van der Waals surface area contributed by atoms with Gasteiger partial charge in [-0.3, -0.25) is 9.10 Å². The average Bonchev–Trinajstić information content (AvgIpc) is 3.68. The maximum Gasteiger partial charge on any atom is 0.255 e. The number of sulfonamides is 1. The van der Waals surface area contributed by atoms with Gasteiger partial charge in [0.25, 0.3) is 5.91 Å². The predicted octanol–water partition coefficient (Wildman–Crippen LogP) is 6.59. The summed E-state index contributed by atoms with van der Waals surface area (Å²) in [5, 5.41) is 12.9. The van der Waals surface area contributed by atoms with E-state index in [2.05, 4.69) is 11.4 Å². The van der Waals surface area contributed by atoms with Gasteiger partial charge in [-0.25, -0.2) is 17.8 Å². The molecule has 0 radical (unpaired) electrons. The highest BCUT2D eigenvalue weighted by molar-refractivity contribution is 7.92. The third-order valence-corrected chi connectivity index (χ3v) is 9.27. The lowest BCUT2D eigenvalue weighted by Crippen LogP contribution is -2.33. The number of nitrogens with one attached hydrogen (secondary N) is 1. The molecule has 1 amide bonds. The molecule has 248 valence electrons. The Labute approximate surface area is 277 Å². The Balaban J connectivity index is 1.62. The molecule has 0 aliphatic heterocycles. The summed E-state index contributed by atoms with van der Waals surface area (Å²) in [6, 6.07) is 14.0. The summed E-state index contributed by atoms with van der Waals surface area (Å²) in [6.07, 6.45) is 11.4. The van der Waals surface area contributed by atoms with Crippen molar-refractivity contribution < 1.29 is 36.3 Å². The molecule has 2 N–H and O–H groups in total. The van der Waals surface area contributed by atoms with Crippen LogP contribution < -0.4 is 14.4 Å². The minimum Gasteiger partial charge on any atom is -0.496 e. The highest BCUT2D eigenvalue weighted by atomic mass is 32.2. The lowest BCUT2D eigenvalue weighted by molar-refractivity contribution is 0.0964. The molecule has 0 bridgehead atoms. The number of aromatic nitrogens is 1. The lowest BCUT2D eigenvalue weighted by atomic mass is 9.97. The van der Waals surface area contributed by atoms with Crippen LogP contribution in [0.1, 0.15) is 34.7 Å². The number of methoxy groups -OCH3 is 1. The van der Waals surface area contributed by atoms with Crippen LogP contribution in [0.2, 0.25) is 0 Å². The van der Waals surface area contributed by atoms with Gasteiger partial charge in [-0.1, -0.05) is 24.3 Å². The molecule has 1 aliphatic carbocycles. The summed E-state index contributed by atoms with van der Waals surface area (Å²) in [5.41, 5.74) is 3.41. The van der Waals surface area contributed by atoms with Crippen molar-refractivity contribution in [2.75, 3.05) is 37.9 Å². The highest BCUT2D eigenvalue weighted by Gasteiger charge is 2.28. The largest absolute Gasteiger partial charge is 0.496 e. The van der Waals surface area contributed by atoms with Gasteiger partial charge in [0, 0.05) is 29.6 Å². The molecular formula is C36H34FN3O7S. The van der Waals surface area contributed by atoms with Crippen molar-refractivity contribution in [3.8, 4) is 39.7 Å². The van der Waals surface area contributed by atoms with Gasteiger partial charge in [0.15, 0.2) is 5.76 Å². The fourth-order valence-corrected chi connectivity index (χ4v) is 6.74. The average molecular weight is 672 g/mol. The quantitative estimate of drug-likeness (QED) is 0.179. The number of ether oxygens (including phenoxy) is 1. The highest BCUT2D eigenvalue weighted by Crippen LogP contribution is 2.44. The van der Waals surface area contributed by atoms with Gasteiger partial charge < -0.3 is 24.0 Å². The van der Waals surface area contributed by atoms with Crippen molar-refractivity contribution in [3.63, 3.8) is 0 Å². The second kappa shape index (κ2) is 13.5. The maximum absolute atomic E-state index is 13.8. The number of aryl methyl sites for hydroxylation is 1. The summed E-state index contributed by atoms with van der Waals surface area (Å²) in [4.78, 5) is 18.2. The Morgan fingerprint density at radius 2 is 1.83 bits per heavy atom. The molecule has 0 atom stereocenters. The molecule has 0 saturated carbocycles. The predicted molar refractivity (Wildman–Crippen MR) is 183 cm³/mol. The van der Waals surface area contributed by atoms with E-state index < -0.39 is 28.4 Å². The molecule has 0 spiro atoms. The Morgan fingerprint density at radius 3 is 2.54 bits per heavy atom. The number of aliphatic hydroxyl groups is 1. The number of hydrogen-bond acceptors (Lipinski definition) is 8. The van der Waals surface area contributed by atoms with Gasteiger partial charge in [-0.05, 0) is 73.4 Å². The number of amides is 1. The van der Waals surface area contributed by atoms with E-state index >= 15 is 0 Å². The first-order valence-electron chi connectivity index (χ1n) is 15.3. The number of nitrogens with zero attached hydrogens (tertiary/aromatic N) is 2. The molecule has 0 saturated heterocycles. The van der Waals surface area contributed by atoms with Gasteiger partial charge in [0.05, 0.1) is 49.0 Å². The molecule has 2 heterocycles. The van der Waals surface area contributed by atoms with Gasteiger partial charge >= 0.3 is 0 Å². The minimum atomic E-state index is -3.91. The summed E-state index contributed by atoms with van der Waals surface area (Å²) < 4.78 is 59.3.